The lowest BCUT2D eigenvalue weighted by molar-refractivity contribution is -0.140. The molecule has 0 aliphatic carbocycles. The molecule has 0 radical (unpaired) electrons. The fourth-order valence-electron chi connectivity index (χ4n) is 6.78. The lowest BCUT2D eigenvalue weighted by Crippen LogP contribution is -2.46. The Morgan fingerprint density at radius 1 is 1.14 bits per heavy atom. The standard InChI is InChI=1S/C29H31N5O3/c1-15-8-6-7-9-20(15)25-18-10-11-36-22(13-18)29(4,35)28-27-26(33(5)31-28)24-21(34(25)27)12-19(14-30-24)23-16(2)32-37-17(23)3/h6-9,12,14,18,22,25,35H,10-11,13H2,1-5H3. The fourth-order valence-corrected chi connectivity index (χ4v) is 6.78. The van der Waals surface area contributed by atoms with E-state index in [0.717, 1.165) is 57.5 Å². The molecule has 4 aromatic heterocycles. The van der Waals surface area contributed by atoms with E-state index in [0.29, 0.717) is 12.3 Å². The number of aliphatic hydroxyl groups is 1. The molecule has 2 aliphatic heterocycles. The molecular weight excluding hydrogens is 466 g/mol. The van der Waals surface area contributed by atoms with Crippen molar-refractivity contribution in [3.63, 3.8) is 0 Å². The number of hydrogen-bond donors (Lipinski definition) is 1. The van der Waals surface area contributed by atoms with Gasteiger partial charge in [-0.15, -0.1) is 0 Å². The maximum Gasteiger partial charge on any atom is 0.141 e. The first kappa shape index (κ1) is 22.7. The summed E-state index contributed by atoms with van der Waals surface area (Å²) in [6.45, 7) is 8.54. The SMILES string of the molecule is Cc1ccccc1C1C2CCOC(C2)C(C)(O)c2nn(C)c3c4ncc(-c5c(C)noc5C)cc4n1c23. The van der Waals surface area contributed by atoms with Gasteiger partial charge in [-0.3, -0.25) is 9.67 Å². The van der Waals surface area contributed by atoms with E-state index < -0.39 is 5.60 Å². The van der Waals surface area contributed by atoms with Crippen LogP contribution in [0.5, 0.6) is 0 Å². The molecule has 190 valence electrons. The van der Waals surface area contributed by atoms with E-state index in [-0.39, 0.29) is 18.1 Å². The van der Waals surface area contributed by atoms with Gasteiger partial charge in [-0.1, -0.05) is 29.4 Å². The summed E-state index contributed by atoms with van der Waals surface area (Å²) in [6.07, 6.45) is 3.24. The molecule has 37 heavy (non-hydrogen) atoms. The number of ether oxygens (including phenoxy) is 1. The van der Waals surface area contributed by atoms with Crippen molar-refractivity contribution < 1.29 is 14.4 Å². The van der Waals surface area contributed by atoms with Gasteiger partial charge in [-0.05, 0) is 63.6 Å². The highest BCUT2D eigenvalue weighted by molar-refractivity contribution is 6.06. The van der Waals surface area contributed by atoms with E-state index in [4.69, 9.17) is 19.3 Å². The quantitative estimate of drug-likeness (QED) is 0.365. The molecule has 0 saturated carbocycles. The van der Waals surface area contributed by atoms with E-state index in [2.05, 4.69) is 47.0 Å². The number of nitrogens with zero attached hydrogens (tertiary/aromatic N) is 5. The van der Waals surface area contributed by atoms with Crippen molar-refractivity contribution in [1.29, 1.82) is 0 Å². The van der Waals surface area contributed by atoms with Gasteiger partial charge in [0.25, 0.3) is 0 Å². The van der Waals surface area contributed by atoms with E-state index in [1.165, 1.54) is 11.1 Å². The van der Waals surface area contributed by atoms with Gasteiger partial charge in [0, 0.05) is 31.0 Å². The average Bonchev–Trinajstić information content (AvgIpc) is 3.51. The number of pyridine rings is 1. The van der Waals surface area contributed by atoms with Crippen molar-refractivity contribution in [2.24, 2.45) is 13.0 Å². The zero-order chi connectivity index (χ0) is 25.6. The maximum absolute atomic E-state index is 11.9. The summed E-state index contributed by atoms with van der Waals surface area (Å²) in [5.41, 5.74) is 8.49. The lowest BCUT2D eigenvalue weighted by atomic mass is 9.77. The Bertz CT molecular complexity index is 1670. The lowest BCUT2D eigenvalue weighted by Gasteiger charge is -2.43. The van der Waals surface area contributed by atoms with Crippen molar-refractivity contribution in [3.8, 4) is 11.1 Å². The minimum atomic E-state index is -1.23. The molecule has 4 unspecified atom stereocenters. The van der Waals surface area contributed by atoms with Crippen LogP contribution in [0.3, 0.4) is 0 Å². The van der Waals surface area contributed by atoms with Gasteiger partial charge in [-0.2, -0.15) is 5.10 Å². The maximum atomic E-state index is 11.9. The number of rotatable bonds is 2. The molecule has 0 amide bonds. The first-order valence-electron chi connectivity index (χ1n) is 13.0. The molecule has 8 nitrogen and oxygen atoms in total. The third-order valence-electron chi connectivity index (χ3n) is 8.60. The van der Waals surface area contributed by atoms with Gasteiger partial charge in [0.2, 0.25) is 0 Å². The summed E-state index contributed by atoms with van der Waals surface area (Å²) < 4.78 is 16.0. The predicted octanol–water partition coefficient (Wildman–Crippen LogP) is 5.11. The summed E-state index contributed by atoms with van der Waals surface area (Å²) in [5, 5.41) is 21.0. The average molecular weight is 498 g/mol. The first-order valence-corrected chi connectivity index (χ1v) is 13.0. The molecule has 1 aromatic carbocycles. The number of aromatic nitrogens is 5. The Balaban J connectivity index is 1.64. The summed E-state index contributed by atoms with van der Waals surface area (Å²) in [5.74, 6) is 1.05. The summed E-state index contributed by atoms with van der Waals surface area (Å²) in [4.78, 5) is 5.00. The van der Waals surface area contributed by atoms with Crippen molar-refractivity contribution in [1.82, 2.24) is 24.5 Å². The van der Waals surface area contributed by atoms with Crippen molar-refractivity contribution in [2.75, 3.05) is 6.61 Å². The zero-order valence-corrected chi connectivity index (χ0v) is 21.8. The summed E-state index contributed by atoms with van der Waals surface area (Å²) in [7, 11) is 1.93. The van der Waals surface area contributed by atoms with Gasteiger partial charge < -0.3 is 18.9 Å². The van der Waals surface area contributed by atoms with Crippen LogP contribution in [0.15, 0.2) is 41.1 Å². The minimum absolute atomic E-state index is 0.0494. The largest absolute Gasteiger partial charge is 0.381 e. The Morgan fingerprint density at radius 2 is 1.95 bits per heavy atom. The van der Waals surface area contributed by atoms with Gasteiger partial charge in [0.1, 0.15) is 28.1 Å². The van der Waals surface area contributed by atoms with Crippen molar-refractivity contribution >= 4 is 22.1 Å². The van der Waals surface area contributed by atoms with E-state index in [1.807, 2.05) is 38.7 Å². The second-order valence-corrected chi connectivity index (χ2v) is 10.9. The number of hydrogen-bond acceptors (Lipinski definition) is 6. The van der Waals surface area contributed by atoms with Gasteiger partial charge in [0.05, 0.1) is 28.9 Å². The molecule has 1 N–H and O–H groups in total. The normalized spacial score (nSPS) is 25.5. The Morgan fingerprint density at radius 3 is 2.70 bits per heavy atom. The fraction of sp³-hybridized carbons (Fsp3) is 0.414. The van der Waals surface area contributed by atoms with Crippen LogP contribution < -0.4 is 0 Å². The highest BCUT2D eigenvalue weighted by Crippen LogP contribution is 2.49. The molecule has 7 rings (SSSR count). The zero-order valence-electron chi connectivity index (χ0n) is 21.8. The predicted molar refractivity (Wildman–Crippen MR) is 140 cm³/mol. The molecule has 2 bridgehead atoms. The van der Waals surface area contributed by atoms with Crippen LogP contribution in [0.4, 0.5) is 0 Å². The summed E-state index contributed by atoms with van der Waals surface area (Å²) >= 11 is 0. The Kier molecular flexibility index (Phi) is 4.76. The third kappa shape index (κ3) is 3.06. The molecule has 8 heteroatoms. The highest BCUT2D eigenvalue weighted by atomic mass is 16.5. The van der Waals surface area contributed by atoms with Crippen LogP contribution in [-0.2, 0) is 17.4 Å². The first-order chi connectivity index (χ1) is 17.8. The van der Waals surface area contributed by atoms with Crippen LogP contribution in [0.25, 0.3) is 33.2 Å². The third-order valence-corrected chi connectivity index (χ3v) is 8.60. The van der Waals surface area contributed by atoms with Crippen LogP contribution in [0.2, 0.25) is 0 Å². The van der Waals surface area contributed by atoms with Crippen LogP contribution in [0.1, 0.15) is 54.1 Å². The van der Waals surface area contributed by atoms with Crippen LogP contribution in [0, 0.1) is 26.7 Å². The van der Waals surface area contributed by atoms with Gasteiger partial charge >= 0.3 is 0 Å². The molecular formula is C29H31N5O3. The summed E-state index contributed by atoms with van der Waals surface area (Å²) in [6, 6.07) is 10.9. The molecule has 2 aliphatic rings. The monoisotopic (exact) mass is 497 g/mol. The minimum Gasteiger partial charge on any atom is -0.381 e. The molecule has 4 atom stereocenters. The second kappa shape index (κ2) is 7.76. The van der Waals surface area contributed by atoms with Crippen LogP contribution in [-0.4, -0.2) is 42.3 Å². The van der Waals surface area contributed by atoms with Crippen LogP contribution >= 0.6 is 0 Å². The topological polar surface area (TPSA) is 91.1 Å². The molecule has 5 aromatic rings. The molecule has 0 spiro atoms. The molecule has 1 saturated heterocycles. The van der Waals surface area contributed by atoms with E-state index in [9.17, 15) is 5.11 Å². The number of fused-ring (bicyclic) bond motifs is 5. The second-order valence-electron chi connectivity index (χ2n) is 10.9. The van der Waals surface area contributed by atoms with E-state index in [1.54, 1.807) is 0 Å². The molecule has 6 heterocycles. The number of benzene rings is 1. The highest BCUT2D eigenvalue weighted by Gasteiger charge is 2.48. The molecule has 1 fully saturated rings. The van der Waals surface area contributed by atoms with Gasteiger partial charge in [0.15, 0.2) is 0 Å². The van der Waals surface area contributed by atoms with Crippen molar-refractivity contribution in [3.05, 3.63) is 64.8 Å². The smallest absolute Gasteiger partial charge is 0.141 e. The Labute approximate surface area is 214 Å². The van der Waals surface area contributed by atoms with E-state index >= 15 is 0 Å². The number of aryl methyl sites for hydroxylation is 4. The van der Waals surface area contributed by atoms with Gasteiger partial charge in [-0.25, -0.2) is 0 Å². The van der Waals surface area contributed by atoms with Crippen molar-refractivity contribution in [2.45, 2.75) is 58.3 Å². The Hall–Kier alpha value is -3.49.